The minimum absolute atomic E-state index is 0.0138. The summed E-state index contributed by atoms with van der Waals surface area (Å²) in [6.07, 6.45) is 22.1. The van der Waals surface area contributed by atoms with Crippen LogP contribution in [0.15, 0.2) is 11.6 Å². The lowest BCUT2D eigenvalue weighted by Crippen LogP contribution is -2.43. The molecule has 0 aromatic rings. The van der Waals surface area contributed by atoms with Crippen LogP contribution in [-0.2, 0) is 14.4 Å². The third kappa shape index (κ3) is 9.87. The Morgan fingerprint density at radius 2 is 1.61 bits per heavy atom. The number of rotatable bonds is 16. The Bertz CT molecular complexity index is 756. The molecule has 0 spiro atoms. The molecule has 5 nitrogen and oxygen atoms in total. The average molecular weight is 455 g/mol. The molecule has 3 atom stereocenters. The standard InChI is InChI=1S/C28H42N2O3/c1-6-9-11-13-17-22(4)27(32)29-20-16-15-19-25-24(8-3)21-26(31)30(25)28(33)23(5)18-14-12-10-7-2/h1-2,21-23,25H,8-20H2,3-5H3,(H,29,32)/t22-,23-,25+/m1/s1. The van der Waals surface area contributed by atoms with Crippen molar-refractivity contribution in [2.75, 3.05) is 6.54 Å². The van der Waals surface area contributed by atoms with Gasteiger partial charge >= 0.3 is 0 Å². The maximum Gasteiger partial charge on any atom is 0.253 e. The largest absolute Gasteiger partial charge is 0.356 e. The van der Waals surface area contributed by atoms with Gasteiger partial charge in [-0.2, -0.15) is 0 Å². The molecule has 0 saturated carbocycles. The van der Waals surface area contributed by atoms with Crippen molar-refractivity contribution in [1.82, 2.24) is 10.2 Å². The summed E-state index contributed by atoms with van der Waals surface area (Å²) in [6, 6.07) is -0.158. The molecule has 1 rings (SSSR count). The lowest BCUT2D eigenvalue weighted by Gasteiger charge is -2.28. The Labute approximate surface area is 201 Å². The fourth-order valence-corrected chi connectivity index (χ4v) is 4.25. The van der Waals surface area contributed by atoms with Gasteiger partial charge < -0.3 is 5.32 Å². The number of terminal acetylenes is 2. The number of nitrogens with zero attached hydrogens (tertiary/aromatic N) is 1. The van der Waals surface area contributed by atoms with Crippen LogP contribution >= 0.6 is 0 Å². The van der Waals surface area contributed by atoms with Crippen LogP contribution < -0.4 is 5.32 Å². The summed E-state index contributed by atoms with van der Waals surface area (Å²) in [5, 5.41) is 3.01. The van der Waals surface area contributed by atoms with Gasteiger partial charge in [0, 0.05) is 37.3 Å². The van der Waals surface area contributed by atoms with Gasteiger partial charge in [-0.1, -0.05) is 33.6 Å². The molecule has 0 aromatic carbocycles. The highest BCUT2D eigenvalue weighted by Crippen LogP contribution is 2.29. The normalized spacial score (nSPS) is 17.1. The first kappa shape index (κ1) is 28.5. The van der Waals surface area contributed by atoms with E-state index in [0.717, 1.165) is 82.6 Å². The molecule has 1 N–H and O–H groups in total. The third-order valence-corrected chi connectivity index (χ3v) is 6.42. The Hall–Kier alpha value is -2.53. The highest BCUT2D eigenvalue weighted by molar-refractivity contribution is 6.05. The van der Waals surface area contributed by atoms with Gasteiger partial charge in [0.1, 0.15) is 0 Å². The summed E-state index contributed by atoms with van der Waals surface area (Å²) >= 11 is 0. The van der Waals surface area contributed by atoms with Crippen LogP contribution in [0.1, 0.15) is 97.8 Å². The van der Waals surface area contributed by atoms with E-state index in [9.17, 15) is 14.4 Å². The average Bonchev–Trinajstić information content (AvgIpc) is 3.13. The van der Waals surface area contributed by atoms with Crippen LogP contribution in [0.2, 0.25) is 0 Å². The monoisotopic (exact) mass is 454 g/mol. The van der Waals surface area contributed by atoms with E-state index in [1.165, 1.54) is 4.90 Å². The fraction of sp³-hybridized carbons (Fsp3) is 0.679. The predicted molar refractivity (Wildman–Crippen MR) is 134 cm³/mol. The van der Waals surface area contributed by atoms with Gasteiger partial charge in [0.15, 0.2) is 0 Å². The van der Waals surface area contributed by atoms with Crippen LogP contribution in [0.3, 0.4) is 0 Å². The molecule has 0 bridgehead atoms. The van der Waals surface area contributed by atoms with Crippen molar-refractivity contribution in [3.8, 4) is 24.7 Å². The lowest BCUT2D eigenvalue weighted by molar-refractivity contribution is -0.145. The molecule has 182 valence electrons. The molecule has 0 aromatic heterocycles. The first-order chi connectivity index (χ1) is 15.9. The number of hydrogen-bond donors (Lipinski definition) is 1. The van der Waals surface area contributed by atoms with Crippen molar-refractivity contribution < 1.29 is 14.4 Å². The highest BCUT2D eigenvalue weighted by Gasteiger charge is 2.37. The van der Waals surface area contributed by atoms with Gasteiger partial charge in [-0.15, -0.1) is 24.7 Å². The number of carbonyl (C=O) groups is 3. The Morgan fingerprint density at radius 3 is 2.18 bits per heavy atom. The number of hydrogen-bond acceptors (Lipinski definition) is 3. The molecule has 3 amide bonds. The van der Waals surface area contributed by atoms with E-state index in [4.69, 9.17) is 12.8 Å². The maximum absolute atomic E-state index is 13.0. The SMILES string of the molecule is C#CCCCC[C@@H](C)C(=O)NCCCC[C@H]1C(CC)=CC(=O)N1C(=O)[C@H](C)CCCCC#C. The van der Waals surface area contributed by atoms with Crippen molar-refractivity contribution in [3.63, 3.8) is 0 Å². The zero-order chi connectivity index (χ0) is 24.6. The third-order valence-electron chi connectivity index (χ3n) is 6.42. The first-order valence-corrected chi connectivity index (χ1v) is 12.6. The summed E-state index contributed by atoms with van der Waals surface area (Å²) in [4.78, 5) is 39.3. The lowest BCUT2D eigenvalue weighted by atomic mass is 9.97. The fourth-order valence-electron chi connectivity index (χ4n) is 4.25. The topological polar surface area (TPSA) is 66.5 Å². The van der Waals surface area contributed by atoms with Gasteiger partial charge in [-0.05, 0) is 56.9 Å². The Morgan fingerprint density at radius 1 is 1.00 bits per heavy atom. The van der Waals surface area contributed by atoms with E-state index in [0.29, 0.717) is 6.54 Å². The Balaban J connectivity index is 2.47. The second-order valence-electron chi connectivity index (χ2n) is 9.12. The van der Waals surface area contributed by atoms with Crippen LogP contribution in [0.4, 0.5) is 0 Å². The molecule has 1 aliphatic rings. The molecular weight excluding hydrogens is 412 g/mol. The zero-order valence-electron chi connectivity index (χ0n) is 20.8. The summed E-state index contributed by atoms with van der Waals surface area (Å²) in [7, 11) is 0. The quantitative estimate of drug-likeness (QED) is 0.263. The first-order valence-electron chi connectivity index (χ1n) is 12.6. The van der Waals surface area contributed by atoms with E-state index >= 15 is 0 Å². The molecule has 33 heavy (non-hydrogen) atoms. The molecule has 0 radical (unpaired) electrons. The van der Waals surface area contributed by atoms with E-state index in [2.05, 4.69) is 17.2 Å². The van der Waals surface area contributed by atoms with Crippen molar-refractivity contribution in [1.29, 1.82) is 0 Å². The van der Waals surface area contributed by atoms with Gasteiger partial charge in [0.2, 0.25) is 11.8 Å². The zero-order valence-corrected chi connectivity index (χ0v) is 20.8. The summed E-state index contributed by atoms with van der Waals surface area (Å²) in [5.41, 5.74) is 1.03. The molecule has 1 heterocycles. The molecule has 0 unspecified atom stereocenters. The van der Waals surface area contributed by atoms with E-state index < -0.39 is 0 Å². The number of amides is 3. The van der Waals surface area contributed by atoms with Gasteiger partial charge in [-0.25, -0.2) is 0 Å². The van der Waals surface area contributed by atoms with Gasteiger partial charge in [0.25, 0.3) is 5.91 Å². The summed E-state index contributed by atoms with van der Waals surface area (Å²) < 4.78 is 0. The molecule has 0 saturated heterocycles. The smallest absolute Gasteiger partial charge is 0.253 e. The maximum atomic E-state index is 13.0. The number of carbonyl (C=O) groups excluding carboxylic acids is 3. The van der Waals surface area contributed by atoms with Crippen LogP contribution in [0.25, 0.3) is 0 Å². The van der Waals surface area contributed by atoms with Crippen LogP contribution in [0.5, 0.6) is 0 Å². The number of imide groups is 1. The van der Waals surface area contributed by atoms with Crippen molar-refractivity contribution in [2.24, 2.45) is 11.8 Å². The molecule has 1 aliphatic heterocycles. The Kier molecular flexibility index (Phi) is 13.9. The summed E-state index contributed by atoms with van der Waals surface area (Å²) in [5.74, 6) is 4.84. The number of unbranched alkanes of at least 4 members (excludes halogenated alkanes) is 5. The molecule has 0 fully saturated rings. The molecule has 0 aliphatic carbocycles. The highest BCUT2D eigenvalue weighted by atomic mass is 16.2. The van der Waals surface area contributed by atoms with Gasteiger partial charge in [0.05, 0.1) is 6.04 Å². The van der Waals surface area contributed by atoms with Crippen molar-refractivity contribution >= 4 is 17.7 Å². The molecule has 5 heteroatoms. The minimum atomic E-state index is -0.194. The van der Waals surface area contributed by atoms with Crippen molar-refractivity contribution in [2.45, 2.75) is 104 Å². The van der Waals surface area contributed by atoms with E-state index in [1.54, 1.807) is 6.08 Å². The van der Waals surface area contributed by atoms with Gasteiger partial charge in [-0.3, -0.25) is 19.3 Å². The molecular formula is C28H42N2O3. The van der Waals surface area contributed by atoms with E-state index in [-0.39, 0.29) is 35.6 Å². The number of nitrogens with one attached hydrogen (secondary N) is 1. The second kappa shape index (κ2) is 16.1. The second-order valence-corrected chi connectivity index (χ2v) is 9.12. The van der Waals surface area contributed by atoms with Crippen LogP contribution in [-0.4, -0.2) is 35.2 Å². The van der Waals surface area contributed by atoms with E-state index in [1.807, 2.05) is 20.8 Å². The van der Waals surface area contributed by atoms with Crippen molar-refractivity contribution in [3.05, 3.63) is 11.6 Å². The van der Waals surface area contributed by atoms with Crippen LogP contribution in [0, 0.1) is 36.5 Å². The summed E-state index contributed by atoms with van der Waals surface area (Å²) in [6.45, 7) is 6.48. The predicted octanol–water partition coefficient (Wildman–Crippen LogP) is 5.01. The minimum Gasteiger partial charge on any atom is -0.356 e.